The topological polar surface area (TPSA) is 38.0 Å². The van der Waals surface area contributed by atoms with Crippen molar-refractivity contribution in [2.24, 2.45) is 5.73 Å². The van der Waals surface area contributed by atoms with Crippen molar-refractivity contribution in [3.05, 3.63) is 29.6 Å². The Morgan fingerprint density at radius 2 is 2.05 bits per heavy atom. The highest BCUT2D eigenvalue weighted by molar-refractivity contribution is 8.00. The molecule has 0 aliphatic rings. The van der Waals surface area contributed by atoms with Crippen molar-refractivity contribution in [3.8, 4) is 0 Å². The molecule has 0 saturated heterocycles. The Balaban J connectivity index is 2.78. The first-order valence-corrected chi connectivity index (χ1v) is 7.99. The van der Waals surface area contributed by atoms with E-state index >= 15 is 0 Å². The van der Waals surface area contributed by atoms with Crippen LogP contribution in [0.2, 0.25) is 0 Å². The lowest BCUT2D eigenvalue weighted by Gasteiger charge is -2.30. The molecule has 0 bridgehead atoms. The maximum atomic E-state index is 13.8. The fourth-order valence-corrected chi connectivity index (χ4v) is 2.91. The summed E-state index contributed by atoms with van der Waals surface area (Å²) in [6.45, 7) is 5.17. The van der Waals surface area contributed by atoms with Crippen LogP contribution < -0.4 is 11.1 Å². The first-order chi connectivity index (χ1) is 8.98. The summed E-state index contributed by atoms with van der Waals surface area (Å²) < 4.78 is 13.9. The van der Waals surface area contributed by atoms with E-state index in [0.717, 1.165) is 25.1 Å². The van der Waals surface area contributed by atoms with Gasteiger partial charge in [-0.25, -0.2) is 4.39 Å². The van der Waals surface area contributed by atoms with Crippen LogP contribution in [0.25, 0.3) is 0 Å². The molecule has 0 aromatic heterocycles. The standard InChI is InChI=1S/C14H21FN2S2/c1-4-14(5-2,19-3)9-17-10-6-7-11(13(16)18)12(15)8-10/h6-8,17H,4-5,9H2,1-3H3,(H2,16,18). The zero-order chi connectivity index (χ0) is 14.5. The molecule has 19 heavy (non-hydrogen) atoms. The number of benzene rings is 1. The van der Waals surface area contributed by atoms with Crippen molar-refractivity contribution in [1.29, 1.82) is 0 Å². The predicted octanol–water partition coefficient (Wildman–Crippen LogP) is 3.79. The van der Waals surface area contributed by atoms with Crippen molar-refractivity contribution in [1.82, 2.24) is 0 Å². The number of rotatable bonds is 7. The van der Waals surface area contributed by atoms with E-state index < -0.39 is 0 Å². The van der Waals surface area contributed by atoms with Crippen LogP contribution in [0.5, 0.6) is 0 Å². The molecular formula is C14H21FN2S2. The van der Waals surface area contributed by atoms with Gasteiger partial charge in [0.1, 0.15) is 10.8 Å². The van der Waals surface area contributed by atoms with Gasteiger partial charge in [-0.2, -0.15) is 11.8 Å². The van der Waals surface area contributed by atoms with Gasteiger partial charge in [-0.15, -0.1) is 0 Å². The number of hydrogen-bond donors (Lipinski definition) is 2. The van der Waals surface area contributed by atoms with Crippen LogP contribution in [0.1, 0.15) is 32.3 Å². The van der Waals surface area contributed by atoms with E-state index in [1.54, 1.807) is 6.07 Å². The number of anilines is 1. The molecule has 0 radical (unpaired) electrons. The maximum Gasteiger partial charge on any atom is 0.135 e. The Kier molecular flexibility index (Phi) is 6.07. The van der Waals surface area contributed by atoms with Crippen molar-refractivity contribution in [3.63, 3.8) is 0 Å². The van der Waals surface area contributed by atoms with Gasteiger partial charge in [0, 0.05) is 22.5 Å². The van der Waals surface area contributed by atoms with Crippen molar-refractivity contribution in [2.45, 2.75) is 31.4 Å². The van der Waals surface area contributed by atoms with Gasteiger partial charge in [-0.3, -0.25) is 0 Å². The lowest BCUT2D eigenvalue weighted by Crippen LogP contribution is -2.32. The van der Waals surface area contributed by atoms with Gasteiger partial charge in [0.25, 0.3) is 0 Å². The van der Waals surface area contributed by atoms with Gasteiger partial charge in [0.2, 0.25) is 0 Å². The Morgan fingerprint density at radius 1 is 1.42 bits per heavy atom. The van der Waals surface area contributed by atoms with Crippen LogP contribution in [-0.2, 0) is 0 Å². The lowest BCUT2D eigenvalue weighted by molar-refractivity contribution is 0.574. The third kappa shape index (κ3) is 4.08. The van der Waals surface area contributed by atoms with E-state index in [4.69, 9.17) is 18.0 Å². The molecular weight excluding hydrogens is 279 g/mol. The molecule has 0 heterocycles. The summed E-state index contributed by atoms with van der Waals surface area (Å²) in [6.07, 6.45) is 4.27. The molecule has 2 nitrogen and oxygen atoms in total. The summed E-state index contributed by atoms with van der Waals surface area (Å²) in [5, 5.41) is 3.30. The molecule has 1 aromatic carbocycles. The van der Waals surface area contributed by atoms with Gasteiger partial charge in [-0.1, -0.05) is 26.1 Å². The van der Waals surface area contributed by atoms with Crippen LogP contribution in [0.4, 0.5) is 10.1 Å². The fourth-order valence-electron chi connectivity index (χ4n) is 1.95. The molecule has 0 spiro atoms. The third-order valence-electron chi connectivity index (χ3n) is 3.57. The van der Waals surface area contributed by atoms with Crippen LogP contribution in [-0.4, -0.2) is 22.5 Å². The molecule has 1 aromatic rings. The molecule has 0 aliphatic carbocycles. The Bertz CT molecular complexity index is 437. The smallest absolute Gasteiger partial charge is 0.135 e. The van der Waals surface area contributed by atoms with Crippen molar-refractivity contribution >= 4 is 34.7 Å². The Hall–Kier alpha value is -0.810. The largest absolute Gasteiger partial charge is 0.389 e. The van der Waals surface area contributed by atoms with Crippen LogP contribution >= 0.6 is 24.0 Å². The van der Waals surface area contributed by atoms with Gasteiger partial charge in [0.05, 0.1) is 0 Å². The summed E-state index contributed by atoms with van der Waals surface area (Å²) in [5.74, 6) is -0.375. The lowest BCUT2D eigenvalue weighted by atomic mass is 10.0. The molecule has 0 amide bonds. The second kappa shape index (κ2) is 7.10. The maximum absolute atomic E-state index is 13.8. The molecule has 0 atom stereocenters. The van der Waals surface area contributed by atoms with Crippen LogP contribution in [0.15, 0.2) is 18.2 Å². The number of hydrogen-bond acceptors (Lipinski definition) is 3. The number of nitrogens with one attached hydrogen (secondary N) is 1. The van der Waals surface area contributed by atoms with Crippen molar-refractivity contribution in [2.75, 3.05) is 18.1 Å². The third-order valence-corrected chi connectivity index (χ3v) is 5.38. The Morgan fingerprint density at radius 3 is 2.47 bits per heavy atom. The van der Waals surface area contributed by atoms with E-state index in [2.05, 4.69) is 25.4 Å². The molecule has 1 rings (SSSR count). The second-order valence-corrected chi connectivity index (χ2v) is 6.22. The second-order valence-electron chi connectivity index (χ2n) is 4.51. The highest BCUT2D eigenvalue weighted by atomic mass is 32.2. The SMILES string of the molecule is CCC(CC)(CNc1ccc(C(N)=S)c(F)c1)SC. The normalized spacial score (nSPS) is 11.4. The first kappa shape index (κ1) is 16.2. The fraction of sp³-hybridized carbons (Fsp3) is 0.500. The minimum Gasteiger partial charge on any atom is -0.389 e. The average Bonchev–Trinajstić information content (AvgIpc) is 2.40. The minimum atomic E-state index is -0.375. The van der Waals surface area contributed by atoms with Crippen molar-refractivity contribution < 1.29 is 4.39 Å². The minimum absolute atomic E-state index is 0.0876. The van der Waals surface area contributed by atoms with E-state index in [1.165, 1.54) is 6.07 Å². The first-order valence-electron chi connectivity index (χ1n) is 6.36. The Labute approximate surface area is 124 Å². The molecule has 3 N–H and O–H groups in total. The van der Waals surface area contributed by atoms with E-state index in [1.807, 2.05) is 17.8 Å². The summed E-state index contributed by atoms with van der Waals surface area (Å²) in [7, 11) is 0. The molecule has 0 fully saturated rings. The zero-order valence-corrected chi connectivity index (χ0v) is 13.3. The summed E-state index contributed by atoms with van der Waals surface area (Å²) in [4.78, 5) is 0.0876. The molecule has 0 aliphatic heterocycles. The highest BCUT2D eigenvalue weighted by Crippen LogP contribution is 2.30. The van der Waals surface area contributed by atoms with E-state index in [9.17, 15) is 4.39 Å². The van der Waals surface area contributed by atoms with E-state index in [-0.39, 0.29) is 15.6 Å². The van der Waals surface area contributed by atoms with Crippen LogP contribution in [0.3, 0.4) is 0 Å². The molecule has 106 valence electrons. The van der Waals surface area contributed by atoms with Gasteiger partial charge in [0.15, 0.2) is 0 Å². The summed E-state index contributed by atoms with van der Waals surface area (Å²) in [6, 6.07) is 4.89. The number of nitrogens with two attached hydrogens (primary N) is 1. The number of halogens is 1. The predicted molar refractivity (Wildman–Crippen MR) is 87.6 cm³/mol. The number of thioether (sulfide) groups is 1. The average molecular weight is 300 g/mol. The summed E-state index contributed by atoms with van der Waals surface area (Å²) in [5.41, 5.74) is 6.50. The quantitative estimate of drug-likeness (QED) is 0.751. The van der Waals surface area contributed by atoms with Gasteiger partial charge < -0.3 is 11.1 Å². The van der Waals surface area contributed by atoms with Gasteiger partial charge in [-0.05, 0) is 37.3 Å². The molecule has 0 unspecified atom stereocenters. The summed E-state index contributed by atoms with van der Waals surface area (Å²) >= 11 is 6.64. The number of thiocarbonyl (C=S) groups is 1. The molecule has 0 saturated carbocycles. The zero-order valence-electron chi connectivity index (χ0n) is 11.6. The van der Waals surface area contributed by atoms with Crippen LogP contribution in [0, 0.1) is 5.82 Å². The molecule has 5 heteroatoms. The highest BCUT2D eigenvalue weighted by Gasteiger charge is 2.24. The van der Waals surface area contributed by atoms with E-state index in [0.29, 0.717) is 5.56 Å². The van der Waals surface area contributed by atoms with Gasteiger partial charge >= 0.3 is 0 Å². The monoisotopic (exact) mass is 300 g/mol.